The Balaban J connectivity index is 1.97. The molecule has 0 N–H and O–H groups in total. The number of aryl methyl sites for hydroxylation is 1. The molecule has 1 aliphatic rings. The molecule has 1 heterocycles. The number of benzene rings is 2. The van der Waals surface area contributed by atoms with Gasteiger partial charge in [0.15, 0.2) is 0 Å². The molecular formula is C16H15NS. The first-order valence-corrected chi connectivity index (χ1v) is 6.63. The van der Waals surface area contributed by atoms with E-state index in [0.717, 1.165) is 18.0 Å². The molecule has 0 amide bonds. The zero-order chi connectivity index (χ0) is 12.5. The lowest BCUT2D eigenvalue weighted by atomic mass is 9.99. The summed E-state index contributed by atoms with van der Waals surface area (Å²) in [6.07, 6.45) is 1.06. The zero-order valence-electron chi connectivity index (χ0n) is 10.4. The van der Waals surface area contributed by atoms with Crippen LogP contribution in [0.4, 0.5) is 5.69 Å². The normalized spacial score (nSPS) is 14.5. The van der Waals surface area contributed by atoms with Crippen molar-refractivity contribution >= 4 is 22.9 Å². The summed E-state index contributed by atoms with van der Waals surface area (Å²) in [4.78, 5) is 3.18. The van der Waals surface area contributed by atoms with Gasteiger partial charge >= 0.3 is 0 Å². The lowest BCUT2D eigenvalue weighted by Crippen LogP contribution is -2.36. The van der Waals surface area contributed by atoms with Gasteiger partial charge in [0.05, 0.1) is 0 Å². The average molecular weight is 253 g/mol. The third-order valence-electron chi connectivity index (χ3n) is 3.44. The number of hydrogen-bond donors (Lipinski definition) is 0. The van der Waals surface area contributed by atoms with Crippen LogP contribution in [0.5, 0.6) is 0 Å². The number of anilines is 1. The van der Waals surface area contributed by atoms with E-state index in [1.807, 2.05) is 0 Å². The molecule has 0 fully saturated rings. The Labute approximate surface area is 113 Å². The van der Waals surface area contributed by atoms with Crippen molar-refractivity contribution in [3.05, 3.63) is 65.2 Å². The molecule has 0 radical (unpaired) electrons. The predicted octanol–water partition coefficient (Wildman–Crippen LogP) is 3.73. The van der Waals surface area contributed by atoms with E-state index in [4.69, 9.17) is 12.2 Å². The molecule has 0 bridgehead atoms. The van der Waals surface area contributed by atoms with Gasteiger partial charge in [0.1, 0.15) is 4.99 Å². The Bertz CT molecular complexity index is 586. The van der Waals surface area contributed by atoms with Gasteiger partial charge in [0, 0.05) is 17.8 Å². The highest BCUT2D eigenvalue weighted by Gasteiger charge is 2.21. The van der Waals surface area contributed by atoms with Crippen LogP contribution >= 0.6 is 12.2 Å². The molecule has 0 aromatic heterocycles. The zero-order valence-corrected chi connectivity index (χ0v) is 11.2. The first-order valence-electron chi connectivity index (χ1n) is 6.22. The first-order chi connectivity index (χ1) is 8.75. The van der Waals surface area contributed by atoms with Crippen LogP contribution in [0, 0.1) is 6.92 Å². The minimum absolute atomic E-state index is 0.945. The van der Waals surface area contributed by atoms with E-state index in [-0.39, 0.29) is 0 Å². The summed E-state index contributed by atoms with van der Waals surface area (Å²) in [5.41, 5.74) is 5.05. The highest BCUT2D eigenvalue weighted by Crippen LogP contribution is 2.25. The van der Waals surface area contributed by atoms with Crippen molar-refractivity contribution in [1.29, 1.82) is 0 Å². The molecule has 2 aromatic rings. The number of rotatable bonds is 1. The van der Waals surface area contributed by atoms with Crippen molar-refractivity contribution < 1.29 is 0 Å². The molecule has 1 nitrogen and oxygen atoms in total. The van der Waals surface area contributed by atoms with Crippen LogP contribution < -0.4 is 4.90 Å². The van der Waals surface area contributed by atoms with Crippen molar-refractivity contribution in [3.63, 3.8) is 0 Å². The summed E-state index contributed by atoms with van der Waals surface area (Å²) < 4.78 is 0. The van der Waals surface area contributed by atoms with Crippen molar-refractivity contribution in [2.24, 2.45) is 0 Å². The molecule has 0 unspecified atom stereocenters. The first kappa shape index (κ1) is 11.4. The smallest absolute Gasteiger partial charge is 0.113 e. The molecule has 3 rings (SSSR count). The SMILES string of the molecule is Cc1ccc(N2CCc3ccccc3C2=S)cc1. The summed E-state index contributed by atoms with van der Waals surface area (Å²) in [5.74, 6) is 0. The largest absolute Gasteiger partial charge is 0.332 e. The fourth-order valence-electron chi connectivity index (χ4n) is 2.40. The van der Waals surface area contributed by atoms with Gasteiger partial charge in [0.25, 0.3) is 0 Å². The van der Waals surface area contributed by atoms with Gasteiger partial charge in [0.2, 0.25) is 0 Å². The summed E-state index contributed by atoms with van der Waals surface area (Å²) in [6, 6.07) is 17.0. The summed E-state index contributed by atoms with van der Waals surface area (Å²) in [7, 11) is 0. The van der Waals surface area contributed by atoms with E-state index in [2.05, 4.69) is 60.4 Å². The molecule has 0 aliphatic carbocycles. The standard InChI is InChI=1S/C16H15NS/c1-12-6-8-14(9-7-12)17-11-10-13-4-2-3-5-15(13)16(17)18/h2-9H,10-11H2,1H3. The van der Waals surface area contributed by atoms with E-state index in [9.17, 15) is 0 Å². The van der Waals surface area contributed by atoms with Crippen molar-refractivity contribution in [2.45, 2.75) is 13.3 Å². The minimum Gasteiger partial charge on any atom is -0.332 e. The Morgan fingerprint density at radius 1 is 1.00 bits per heavy atom. The summed E-state index contributed by atoms with van der Waals surface area (Å²) in [6.45, 7) is 3.08. The van der Waals surface area contributed by atoms with Gasteiger partial charge < -0.3 is 4.90 Å². The van der Waals surface area contributed by atoms with Crippen LogP contribution in [-0.2, 0) is 6.42 Å². The maximum atomic E-state index is 5.62. The fraction of sp³-hybridized carbons (Fsp3) is 0.188. The quantitative estimate of drug-likeness (QED) is 0.712. The molecule has 0 atom stereocenters. The lowest BCUT2D eigenvalue weighted by molar-refractivity contribution is 0.912. The summed E-state index contributed by atoms with van der Waals surface area (Å²) >= 11 is 5.62. The van der Waals surface area contributed by atoms with Crippen LogP contribution in [0.3, 0.4) is 0 Å². The third kappa shape index (κ3) is 1.93. The van der Waals surface area contributed by atoms with Gasteiger partial charge in [-0.3, -0.25) is 0 Å². The Kier molecular flexibility index (Phi) is 2.88. The Morgan fingerprint density at radius 3 is 2.50 bits per heavy atom. The fourth-order valence-corrected chi connectivity index (χ4v) is 2.79. The van der Waals surface area contributed by atoms with Crippen LogP contribution in [0.15, 0.2) is 48.5 Å². The number of thiocarbonyl (C=S) groups is 1. The second-order valence-corrected chi connectivity index (χ2v) is 5.09. The average Bonchev–Trinajstić information content (AvgIpc) is 2.41. The van der Waals surface area contributed by atoms with Crippen LogP contribution in [0.1, 0.15) is 16.7 Å². The van der Waals surface area contributed by atoms with E-state index in [1.54, 1.807) is 0 Å². The van der Waals surface area contributed by atoms with E-state index in [1.165, 1.54) is 22.4 Å². The molecule has 2 aromatic carbocycles. The van der Waals surface area contributed by atoms with Crippen molar-refractivity contribution in [3.8, 4) is 0 Å². The van der Waals surface area contributed by atoms with Gasteiger partial charge in [-0.25, -0.2) is 0 Å². The molecule has 0 spiro atoms. The highest BCUT2D eigenvalue weighted by molar-refractivity contribution is 7.81. The minimum atomic E-state index is 0.945. The summed E-state index contributed by atoms with van der Waals surface area (Å²) in [5, 5.41) is 0. The van der Waals surface area contributed by atoms with Crippen LogP contribution in [-0.4, -0.2) is 11.5 Å². The van der Waals surface area contributed by atoms with E-state index < -0.39 is 0 Å². The second kappa shape index (κ2) is 4.54. The predicted molar refractivity (Wildman–Crippen MR) is 80.4 cm³/mol. The van der Waals surface area contributed by atoms with Crippen LogP contribution in [0.2, 0.25) is 0 Å². The molecule has 2 heteroatoms. The number of nitrogens with zero attached hydrogens (tertiary/aromatic N) is 1. The second-order valence-electron chi connectivity index (χ2n) is 4.70. The monoisotopic (exact) mass is 253 g/mol. The van der Waals surface area contributed by atoms with E-state index in [0.29, 0.717) is 0 Å². The van der Waals surface area contributed by atoms with Crippen molar-refractivity contribution in [2.75, 3.05) is 11.4 Å². The number of fused-ring (bicyclic) bond motifs is 1. The molecule has 1 aliphatic heterocycles. The van der Waals surface area contributed by atoms with Gasteiger partial charge in [-0.2, -0.15) is 0 Å². The van der Waals surface area contributed by atoms with Crippen LogP contribution in [0.25, 0.3) is 0 Å². The van der Waals surface area contributed by atoms with Gasteiger partial charge in [-0.1, -0.05) is 54.2 Å². The Morgan fingerprint density at radius 2 is 1.72 bits per heavy atom. The molecule has 0 saturated carbocycles. The molecular weight excluding hydrogens is 238 g/mol. The molecule has 0 saturated heterocycles. The highest BCUT2D eigenvalue weighted by atomic mass is 32.1. The topological polar surface area (TPSA) is 3.24 Å². The number of hydrogen-bond acceptors (Lipinski definition) is 1. The molecule has 18 heavy (non-hydrogen) atoms. The van der Waals surface area contributed by atoms with E-state index >= 15 is 0 Å². The molecule has 90 valence electrons. The Hall–Kier alpha value is -1.67. The van der Waals surface area contributed by atoms with Crippen molar-refractivity contribution in [1.82, 2.24) is 0 Å². The van der Waals surface area contributed by atoms with Gasteiger partial charge in [-0.05, 0) is 31.0 Å². The maximum Gasteiger partial charge on any atom is 0.113 e. The third-order valence-corrected chi connectivity index (χ3v) is 3.88. The lowest BCUT2D eigenvalue weighted by Gasteiger charge is -2.31. The van der Waals surface area contributed by atoms with Gasteiger partial charge in [-0.15, -0.1) is 0 Å². The maximum absolute atomic E-state index is 5.62.